The van der Waals surface area contributed by atoms with E-state index in [1.54, 1.807) is 34.6 Å². The summed E-state index contributed by atoms with van der Waals surface area (Å²) >= 11 is 0. The molecule has 0 heterocycles. The van der Waals surface area contributed by atoms with E-state index in [0.29, 0.717) is 5.56 Å². The maximum atomic E-state index is 12.9. The molecular formula is C16H23F3N4O4S. The molecule has 0 saturated heterocycles. The minimum Gasteiger partial charge on any atom is -0.443 e. The van der Waals surface area contributed by atoms with Crippen molar-refractivity contribution in [3.63, 3.8) is 0 Å². The average molecular weight is 424 g/mol. The van der Waals surface area contributed by atoms with Gasteiger partial charge in [-0.1, -0.05) is 18.6 Å². The van der Waals surface area contributed by atoms with Crippen LogP contribution in [0.15, 0.2) is 23.3 Å². The molecule has 0 radical (unpaired) electrons. The average Bonchev–Trinajstić information content (AvgIpc) is 2.52. The number of aryl methyl sites for hydroxylation is 1. The molecule has 8 nitrogen and oxygen atoms in total. The Bertz CT molecular complexity index is 862. The minimum absolute atomic E-state index is 0.0221. The zero-order chi connectivity index (χ0) is 21.9. The Hall–Kier alpha value is -2.34. The van der Waals surface area contributed by atoms with E-state index in [4.69, 9.17) is 10.6 Å². The highest BCUT2D eigenvalue weighted by atomic mass is 32.2. The van der Waals surface area contributed by atoms with Crippen LogP contribution in [0.25, 0.3) is 0 Å². The minimum atomic E-state index is -5.82. The molecule has 0 atom stereocenters. The summed E-state index contributed by atoms with van der Waals surface area (Å²) in [6.45, 7) is 8.21. The van der Waals surface area contributed by atoms with Crippen molar-refractivity contribution >= 4 is 27.5 Å². The molecule has 1 amide bonds. The molecule has 3 N–H and O–H groups in total. The number of rotatable bonds is 5. The molecule has 28 heavy (non-hydrogen) atoms. The van der Waals surface area contributed by atoms with Gasteiger partial charge in [-0.15, -0.1) is 0 Å². The molecule has 158 valence electrons. The van der Waals surface area contributed by atoms with E-state index in [1.165, 1.54) is 12.1 Å². The second-order valence-electron chi connectivity index (χ2n) is 6.79. The number of hydrazine groups is 1. The Kier molecular flexibility index (Phi) is 7.07. The summed E-state index contributed by atoms with van der Waals surface area (Å²) in [6, 6.07) is 3.95. The van der Waals surface area contributed by atoms with Crippen molar-refractivity contribution in [2.75, 3.05) is 4.41 Å². The summed E-state index contributed by atoms with van der Waals surface area (Å²) in [7, 11) is -5.82. The molecule has 0 aromatic heterocycles. The molecule has 0 fully saturated rings. The molecule has 0 aliphatic carbocycles. The molecule has 0 aliphatic heterocycles. The van der Waals surface area contributed by atoms with Crippen LogP contribution in [0, 0.1) is 6.92 Å². The zero-order valence-electron chi connectivity index (χ0n) is 16.1. The fraction of sp³-hybridized carbons (Fsp3) is 0.500. The topological polar surface area (TPSA) is 114 Å². The maximum absolute atomic E-state index is 12.9. The van der Waals surface area contributed by atoms with Crippen molar-refractivity contribution < 1.29 is 31.1 Å². The fourth-order valence-corrected chi connectivity index (χ4v) is 2.70. The Balaban J connectivity index is 3.37. The van der Waals surface area contributed by atoms with Gasteiger partial charge in [0.25, 0.3) is 0 Å². The van der Waals surface area contributed by atoms with Crippen LogP contribution in [0.5, 0.6) is 0 Å². The number of hydrogen-bond acceptors (Lipinski definition) is 6. The lowest BCUT2D eigenvalue weighted by Gasteiger charge is -2.23. The van der Waals surface area contributed by atoms with E-state index in [1.807, 2.05) is 0 Å². The van der Waals surface area contributed by atoms with Crippen molar-refractivity contribution in [2.24, 2.45) is 10.9 Å². The van der Waals surface area contributed by atoms with Gasteiger partial charge in [-0.25, -0.2) is 16.1 Å². The van der Waals surface area contributed by atoms with Crippen molar-refractivity contribution in [1.82, 2.24) is 5.43 Å². The SMILES string of the molecule is CC/C(=N\NC(=O)OC(C)(C)C)c1cc(C)ccc1N(N)S(=O)(=O)C(F)(F)F. The van der Waals surface area contributed by atoms with Crippen LogP contribution < -0.4 is 15.7 Å². The van der Waals surface area contributed by atoms with Crippen LogP contribution in [0.4, 0.5) is 23.7 Å². The summed E-state index contributed by atoms with van der Waals surface area (Å²) in [4.78, 5) is 11.8. The largest absolute Gasteiger partial charge is 0.518 e. The predicted molar refractivity (Wildman–Crippen MR) is 99.0 cm³/mol. The summed E-state index contributed by atoms with van der Waals surface area (Å²) in [5.41, 5.74) is -3.91. The Morgan fingerprint density at radius 1 is 1.29 bits per heavy atom. The molecule has 1 aromatic rings. The van der Waals surface area contributed by atoms with Gasteiger partial charge in [0.05, 0.1) is 11.4 Å². The summed E-state index contributed by atoms with van der Waals surface area (Å²) < 4.78 is 66.6. The van der Waals surface area contributed by atoms with E-state index < -0.39 is 32.9 Å². The van der Waals surface area contributed by atoms with Crippen LogP contribution in [0.2, 0.25) is 0 Å². The van der Waals surface area contributed by atoms with E-state index >= 15 is 0 Å². The van der Waals surface area contributed by atoms with E-state index in [-0.39, 0.29) is 22.1 Å². The van der Waals surface area contributed by atoms with E-state index in [9.17, 15) is 26.4 Å². The normalized spacial score (nSPS) is 13.2. The molecule has 0 unspecified atom stereocenters. The number of hydrazone groups is 1. The van der Waals surface area contributed by atoms with Gasteiger partial charge in [-0.3, -0.25) is 0 Å². The van der Waals surface area contributed by atoms with Gasteiger partial charge in [0.15, 0.2) is 0 Å². The molecule has 0 aliphatic rings. The number of amides is 1. The number of ether oxygens (including phenoxy) is 1. The molecule has 1 aromatic carbocycles. The Morgan fingerprint density at radius 3 is 2.32 bits per heavy atom. The molecular weight excluding hydrogens is 401 g/mol. The highest BCUT2D eigenvalue weighted by molar-refractivity contribution is 7.93. The summed E-state index contributed by atoms with van der Waals surface area (Å²) in [5, 5.41) is 3.86. The van der Waals surface area contributed by atoms with Gasteiger partial charge in [0.2, 0.25) is 0 Å². The first-order valence-corrected chi connectivity index (χ1v) is 9.57. The van der Waals surface area contributed by atoms with Crippen LogP contribution in [0.3, 0.4) is 0 Å². The smallest absolute Gasteiger partial charge is 0.443 e. The quantitative estimate of drug-likeness (QED) is 0.428. The van der Waals surface area contributed by atoms with E-state index in [0.717, 1.165) is 6.07 Å². The van der Waals surface area contributed by atoms with Gasteiger partial charge >= 0.3 is 21.6 Å². The monoisotopic (exact) mass is 424 g/mol. The van der Waals surface area contributed by atoms with Gasteiger partial charge in [-0.2, -0.15) is 31.1 Å². The molecule has 0 spiro atoms. The summed E-state index contributed by atoms with van der Waals surface area (Å²) in [6.07, 6.45) is -0.716. The number of sulfonamides is 1. The third-order valence-corrected chi connectivity index (χ3v) is 4.57. The third-order valence-electron chi connectivity index (χ3n) is 3.27. The first-order valence-electron chi connectivity index (χ1n) is 8.13. The van der Waals surface area contributed by atoms with E-state index in [2.05, 4.69) is 10.5 Å². The van der Waals surface area contributed by atoms with Crippen molar-refractivity contribution in [3.05, 3.63) is 29.3 Å². The Morgan fingerprint density at radius 2 is 1.86 bits per heavy atom. The van der Waals surface area contributed by atoms with Crippen LogP contribution in [-0.4, -0.2) is 31.3 Å². The number of alkyl halides is 3. The second kappa shape index (κ2) is 8.35. The first kappa shape index (κ1) is 23.7. The number of anilines is 1. The number of hydrogen-bond donors (Lipinski definition) is 2. The molecule has 1 rings (SSSR count). The lowest BCUT2D eigenvalue weighted by molar-refractivity contribution is -0.0438. The Labute approximate surface area is 161 Å². The van der Waals surface area contributed by atoms with Crippen LogP contribution >= 0.6 is 0 Å². The van der Waals surface area contributed by atoms with Gasteiger partial charge in [0.1, 0.15) is 5.60 Å². The van der Waals surface area contributed by atoms with Crippen molar-refractivity contribution in [1.29, 1.82) is 0 Å². The standard InChI is InChI=1S/C16H23F3N4O4S/c1-6-12(21-22-14(24)27-15(3,4)5)11-9-10(2)7-8-13(11)23(20)28(25,26)16(17,18)19/h7-9H,6,20H2,1-5H3,(H,22,24)/b21-12+. The number of nitrogens with zero attached hydrogens (tertiary/aromatic N) is 2. The third kappa shape index (κ3) is 5.83. The maximum Gasteiger partial charge on any atom is 0.518 e. The lowest BCUT2D eigenvalue weighted by atomic mass is 10.0. The summed E-state index contributed by atoms with van der Waals surface area (Å²) in [5.74, 6) is 5.30. The molecule has 0 bridgehead atoms. The van der Waals surface area contributed by atoms with Gasteiger partial charge in [-0.05, 0) is 46.2 Å². The predicted octanol–water partition coefficient (Wildman–Crippen LogP) is 3.16. The lowest BCUT2D eigenvalue weighted by Crippen LogP contribution is -2.46. The number of benzene rings is 1. The highest BCUT2D eigenvalue weighted by Crippen LogP contribution is 2.31. The number of carbonyl (C=O) groups excluding carboxylic acids is 1. The van der Waals surface area contributed by atoms with Crippen LogP contribution in [0.1, 0.15) is 45.2 Å². The highest BCUT2D eigenvalue weighted by Gasteiger charge is 2.50. The second-order valence-corrected chi connectivity index (χ2v) is 8.60. The number of nitrogens with one attached hydrogen (secondary N) is 1. The zero-order valence-corrected chi connectivity index (χ0v) is 16.9. The molecule has 12 heteroatoms. The first-order chi connectivity index (χ1) is 12.6. The van der Waals surface area contributed by atoms with Gasteiger partial charge in [0, 0.05) is 5.56 Å². The van der Waals surface area contributed by atoms with Crippen molar-refractivity contribution in [2.45, 2.75) is 52.1 Å². The number of nitrogens with two attached hydrogens (primary N) is 1. The number of halogens is 3. The van der Waals surface area contributed by atoms with Crippen LogP contribution in [-0.2, 0) is 14.8 Å². The fourth-order valence-electron chi connectivity index (χ4n) is 2.06. The molecule has 0 saturated carbocycles. The van der Waals surface area contributed by atoms with Gasteiger partial charge < -0.3 is 4.74 Å². The van der Waals surface area contributed by atoms with Crippen molar-refractivity contribution in [3.8, 4) is 0 Å². The number of carbonyl (C=O) groups is 1.